The van der Waals surface area contributed by atoms with E-state index in [0.717, 1.165) is 22.6 Å². The lowest BCUT2D eigenvalue weighted by molar-refractivity contribution is -0.113. The van der Waals surface area contributed by atoms with Gasteiger partial charge in [-0.1, -0.05) is 55.9 Å². The lowest BCUT2D eigenvalue weighted by Gasteiger charge is -2.13. The van der Waals surface area contributed by atoms with E-state index >= 15 is 0 Å². The summed E-state index contributed by atoms with van der Waals surface area (Å²) in [4.78, 5) is 16.7. The van der Waals surface area contributed by atoms with E-state index < -0.39 is 0 Å². The summed E-state index contributed by atoms with van der Waals surface area (Å²) < 4.78 is 5.70. The highest BCUT2D eigenvalue weighted by molar-refractivity contribution is 7.99. The molecular formula is C21H24N4O2S. The monoisotopic (exact) mass is 396 g/mol. The van der Waals surface area contributed by atoms with Gasteiger partial charge < -0.3 is 10.1 Å². The normalized spacial score (nSPS) is 10.9. The molecule has 1 aromatic heterocycles. The van der Waals surface area contributed by atoms with E-state index in [-0.39, 0.29) is 11.7 Å². The number of hydrogen-bond donors (Lipinski definition) is 2. The molecule has 0 unspecified atom stereocenters. The van der Waals surface area contributed by atoms with E-state index in [0.29, 0.717) is 23.5 Å². The molecule has 0 radical (unpaired) electrons. The molecule has 0 aliphatic carbocycles. The summed E-state index contributed by atoms with van der Waals surface area (Å²) in [5.41, 5.74) is 3.11. The van der Waals surface area contributed by atoms with Crippen molar-refractivity contribution in [2.45, 2.75) is 38.5 Å². The lowest BCUT2D eigenvalue weighted by atomic mass is 10.0. The van der Waals surface area contributed by atoms with Gasteiger partial charge in [-0.25, -0.2) is 4.98 Å². The number of H-pyrrole nitrogens is 1. The van der Waals surface area contributed by atoms with Crippen LogP contribution in [0.4, 0.5) is 5.69 Å². The molecule has 0 aliphatic rings. The average molecular weight is 397 g/mol. The number of aryl methyl sites for hydroxylation is 1. The van der Waals surface area contributed by atoms with Crippen molar-refractivity contribution in [1.29, 1.82) is 0 Å². The van der Waals surface area contributed by atoms with E-state index in [1.54, 1.807) is 0 Å². The first-order chi connectivity index (χ1) is 13.5. The number of benzene rings is 2. The van der Waals surface area contributed by atoms with Crippen molar-refractivity contribution in [2.75, 3.05) is 11.1 Å². The Morgan fingerprint density at radius 3 is 2.82 bits per heavy atom. The van der Waals surface area contributed by atoms with Crippen LogP contribution in [0.2, 0.25) is 0 Å². The van der Waals surface area contributed by atoms with Crippen LogP contribution in [0, 0.1) is 6.92 Å². The van der Waals surface area contributed by atoms with Gasteiger partial charge in [-0.3, -0.25) is 9.89 Å². The van der Waals surface area contributed by atoms with E-state index in [2.05, 4.69) is 34.3 Å². The molecule has 3 rings (SSSR count). The molecule has 1 amide bonds. The maximum absolute atomic E-state index is 12.3. The summed E-state index contributed by atoms with van der Waals surface area (Å²) in [7, 11) is 0. The standard InChI is InChI=1S/C21H24N4O2S/c1-14(2)17-9-4-5-10-18(17)22-20(26)13-28-21-23-19(24-25-21)12-27-16-8-6-7-15(3)11-16/h4-11,14H,12-13H2,1-3H3,(H,22,26)(H,23,24,25). The molecule has 1 heterocycles. The molecule has 0 bridgehead atoms. The third kappa shape index (κ3) is 5.60. The zero-order valence-electron chi connectivity index (χ0n) is 16.2. The van der Waals surface area contributed by atoms with Crippen LogP contribution in [-0.2, 0) is 11.4 Å². The fraction of sp³-hybridized carbons (Fsp3) is 0.286. The van der Waals surface area contributed by atoms with Crippen LogP contribution >= 0.6 is 11.8 Å². The Labute approximate surface area is 169 Å². The second kappa shape index (κ2) is 9.41. The van der Waals surface area contributed by atoms with Crippen LogP contribution in [0.5, 0.6) is 5.75 Å². The Morgan fingerprint density at radius 1 is 1.21 bits per heavy atom. The molecular weight excluding hydrogens is 372 g/mol. The molecule has 28 heavy (non-hydrogen) atoms. The molecule has 0 saturated carbocycles. The lowest BCUT2D eigenvalue weighted by Crippen LogP contribution is -2.15. The van der Waals surface area contributed by atoms with Crippen LogP contribution in [0.25, 0.3) is 0 Å². The predicted octanol–water partition coefficient (Wildman–Crippen LogP) is 4.55. The van der Waals surface area contributed by atoms with Gasteiger partial charge >= 0.3 is 0 Å². The minimum absolute atomic E-state index is 0.0829. The van der Waals surface area contributed by atoms with Crippen molar-refractivity contribution in [3.63, 3.8) is 0 Å². The number of rotatable bonds is 8. The van der Waals surface area contributed by atoms with E-state index in [1.165, 1.54) is 11.8 Å². The first kappa shape index (κ1) is 19.9. The number of aromatic amines is 1. The van der Waals surface area contributed by atoms with Gasteiger partial charge in [0.2, 0.25) is 11.1 Å². The van der Waals surface area contributed by atoms with E-state index in [1.807, 2.05) is 55.5 Å². The van der Waals surface area contributed by atoms with E-state index in [4.69, 9.17) is 4.74 Å². The molecule has 0 atom stereocenters. The van der Waals surface area contributed by atoms with Gasteiger partial charge in [0, 0.05) is 5.69 Å². The highest BCUT2D eigenvalue weighted by Gasteiger charge is 2.11. The number of nitrogens with one attached hydrogen (secondary N) is 2. The largest absolute Gasteiger partial charge is 0.486 e. The summed E-state index contributed by atoms with van der Waals surface area (Å²) in [6.07, 6.45) is 0. The molecule has 0 fully saturated rings. The number of nitrogens with zero attached hydrogens (tertiary/aromatic N) is 2. The van der Waals surface area contributed by atoms with Crippen LogP contribution in [0.15, 0.2) is 53.7 Å². The fourth-order valence-electron chi connectivity index (χ4n) is 2.69. The number of carbonyl (C=O) groups is 1. The Bertz CT molecular complexity index is 939. The van der Waals surface area contributed by atoms with Crippen molar-refractivity contribution >= 4 is 23.4 Å². The molecule has 3 aromatic rings. The number of carbonyl (C=O) groups excluding carboxylic acids is 1. The number of hydrogen-bond acceptors (Lipinski definition) is 5. The summed E-state index contributed by atoms with van der Waals surface area (Å²) in [6.45, 7) is 6.52. The van der Waals surface area contributed by atoms with Gasteiger partial charge in [0.15, 0.2) is 5.82 Å². The quantitative estimate of drug-likeness (QED) is 0.546. The molecule has 0 spiro atoms. The van der Waals surface area contributed by atoms with Gasteiger partial charge in [0.05, 0.1) is 5.75 Å². The molecule has 146 valence electrons. The van der Waals surface area contributed by atoms with Crippen molar-refractivity contribution in [3.8, 4) is 5.75 Å². The van der Waals surface area contributed by atoms with Crippen LogP contribution in [-0.4, -0.2) is 26.8 Å². The van der Waals surface area contributed by atoms with Crippen LogP contribution in [0.3, 0.4) is 0 Å². The molecule has 0 aliphatic heterocycles. The Morgan fingerprint density at radius 2 is 2.04 bits per heavy atom. The molecule has 2 N–H and O–H groups in total. The van der Waals surface area contributed by atoms with Crippen molar-refractivity contribution in [2.24, 2.45) is 0 Å². The number of amides is 1. The zero-order valence-corrected chi connectivity index (χ0v) is 17.0. The predicted molar refractivity (Wildman–Crippen MR) is 112 cm³/mol. The Balaban J connectivity index is 1.49. The Kier molecular flexibility index (Phi) is 6.71. The van der Waals surface area contributed by atoms with Crippen molar-refractivity contribution < 1.29 is 9.53 Å². The molecule has 0 saturated heterocycles. The molecule has 7 heteroatoms. The number of anilines is 1. The number of aromatic nitrogens is 3. The highest BCUT2D eigenvalue weighted by Crippen LogP contribution is 2.24. The smallest absolute Gasteiger partial charge is 0.234 e. The van der Waals surface area contributed by atoms with Gasteiger partial charge in [0.1, 0.15) is 12.4 Å². The number of ether oxygens (including phenoxy) is 1. The second-order valence-corrected chi connectivity index (χ2v) is 7.69. The summed E-state index contributed by atoms with van der Waals surface area (Å²) in [5, 5.41) is 10.5. The van der Waals surface area contributed by atoms with Crippen molar-refractivity contribution in [1.82, 2.24) is 15.2 Å². The first-order valence-corrected chi connectivity index (χ1v) is 10.1. The third-order valence-electron chi connectivity index (χ3n) is 4.07. The average Bonchev–Trinajstić information content (AvgIpc) is 3.13. The van der Waals surface area contributed by atoms with Crippen LogP contribution in [0.1, 0.15) is 36.7 Å². The summed E-state index contributed by atoms with van der Waals surface area (Å²) in [5.74, 6) is 1.90. The SMILES string of the molecule is Cc1cccc(OCc2nc(SCC(=O)Nc3ccccc3C(C)C)n[nH]2)c1. The second-order valence-electron chi connectivity index (χ2n) is 6.75. The summed E-state index contributed by atoms with van der Waals surface area (Å²) in [6, 6.07) is 15.7. The topological polar surface area (TPSA) is 79.9 Å². The Hall–Kier alpha value is -2.80. The summed E-state index contributed by atoms with van der Waals surface area (Å²) >= 11 is 1.29. The number of para-hydroxylation sites is 1. The maximum atomic E-state index is 12.3. The molecule has 2 aromatic carbocycles. The third-order valence-corrected chi connectivity index (χ3v) is 4.91. The fourth-order valence-corrected chi connectivity index (χ4v) is 3.31. The van der Waals surface area contributed by atoms with Gasteiger partial charge in [-0.2, -0.15) is 0 Å². The number of thioether (sulfide) groups is 1. The van der Waals surface area contributed by atoms with Gasteiger partial charge in [-0.15, -0.1) is 5.10 Å². The maximum Gasteiger partial charge on any atom is 0.234 e. The minimum Gasteiger partial charge on any atom is -0.486 e. The van der Waals surface area contributed by atoms with Gasteiger partial charge in [-0.05, 0) is 42.2 Å². The first-order valence-electron chi connectivity index (χ1n) is 9.13. The van der Waals surface area contributed by atoms with Crippen LogP contribution < -0.4 is 10.1 Å². The highest BCUT2D eigenvalue weighted by atomic mass is 32.2. The molecule has 6 nitrogen and oxygen atoms in total. The van der Waals surface area contributed by atoms with Gasteiger partial charge in [0.25, 0.3) is 0 Å². The van der Waals surface area contributed by atoms with E-state index in [9.17, 15) is 4.79 Å². The minimum atomic E-state index is -0.0829. The van der Waals surface area contributed by atoms with Crippen molar-refractivity contribution in [3.05, 3.63) is 65.5 Å². The zero-order chi connectivity index (χ0) is 19.9.